The highest BCUT2D eigenvalue weighted by molar-refractivity contribution is 5.69. The number of nitrogens with zero attached hydrogens (tertiary/aromatic N) is 3. The number of rotatable bonds is 3. The van der Waals surface area contributed by atoms with Crippen LogP contribution in [0.25, 0.3) is 21.9 Å². The van der Waals surface area contributed by atoms with Gasteiger partial charge in [-0.3, -0.25) is 9.61 Å². The summed E-state index contributed by atoms with van der Waals surface area (Å²) in [6, 6.07) is 10.2. The number of fused-ring (bicyclic) bond motifs is 1. The Kier molecular flexibility index (Phi) is 4.32. The van der Waals surface area contributed by atoms with Gasteiger partial charge in [-0.2, -0.15) is 0 Å². The first-order valence-electron chi connectivity index (χ1n) is 9.59. The lowest BCUT2D eigenvalue weighted by atomic mass is 9.67. The van der Waals surface area contributed by atoms with Crippen LogP contribution in [0.3, 0.4) is 0 Å². The SMILES string of the molecule is [C-]#[N+]c1cn2[nH]c(-c3ccccc3)nc2c1CC1C(C)CC(C)CC1C. The first kappa shape index (κ1) is 16.9. The van der Waals surface area contributed by atoms with Gasteiger partial charge in [-0.15, -0.1) is 0 Å². The normalized spacial score (nSPS) is 26.1. The van der Waals surface area contributed by atoms with E-state index in [-0.39, 0.29) is 0 Å². The van der Waals surface area contributed by atoms with Gasteiger partial charge in [-0.05, 0) is 42.9 Å². The second kappa shape index (κ2) is 6.64. The van der Waals surface area contributed by atoms with E-state index in [2.05, 4.69) is 42.8 Å². The summed E-state index contributed by atoms with van der Waals surface area (Å²) in [4.78, 5) is 8.63. The summed E-state index contributed by atoms with van der Waals surface area (Å²) in [5, 5.41) is 3.34. The van der Waals surface area contributed by atoms with Gasteiger partial charge >= 0.3 is 0 Å². The van der Waals surface area contributed by atoms with Crippen LogP contribution in [0.2, 0.25) is 0 Å². The minimum atomic E-state index is 0.620. The molecule has 1 fully saturated rings. The van der Waals surface area contributed by atoms with Gasteiger partial charge in [0.1, 0.15) is 5.65 Å². The monoisotopic (exact) mass is 346 g/mol. The Labute approximate surface area is 155 Å². The zero-order valence-corrected chi connectivity index (χ0v) is 15.7. The zero-order valence-electron chi connectivity index (χ0n) is 15.7. The first-order valence-corrected chi connectivity index (χ1v) is 9.59. The van der Waals surface area contributed by atoms with Crippen molar-refractivity contribution in [2.45, 2.75) is 40.0 Å². The standard InChI is InChI=1S/C22H26N4/c1-14-10-15(2)18(16(3)11-14)12-19-20(23-4)13-26-22(19)24-21(25-26)17-8-6-5-7-9-17/h5-9,13-16,18H,10-12H2,1-3H3,(H,24,25). The summed E-state index contributed by atoms with van der Waals surface area (Å²) in [5.41, 5.74) is 3.82. The average Bonchev–Trinajstić information content (AvgIpc) is 3.17. The van der Waals surface area contributed by atoms with Crippen molar-refractivity contribution in [3.8, 4) is 11.4 Å². The van der Waals surface area contributed by atoms with Crippen LogP contribution in [0.1, 0.15) is 39.2 Å². The summed E-state index contributed by atoms with van der Waals surface area (Å²) >= 11 is 0. The van der Waals surface area contributed by atoms with Crippen molar-refractivity contribution in [1.82, 2.24) is 14.6 Å². The van der Waals surface area contributed by atoms with Crippen molar-refractivity contribution < 1.29 is 0 Å². The lowest BCUT2D eigenvalue weighted by Crippen LogP contribution is -2.30. The maximum Gasteiger partial charge on any atom is 0.211 e. The number of aromatic amines is 1. The van der Waals surface area contributed by atoms with Crippen LogP contribution in [-0.2, 0) is 6.42 Å². The van der Waals surface area contributed by atoms with Crippen LogP contribution in [0, 0.1) is 30.2 Å². The zero-order chi connectivity index (χ0) is 18.3. The van der Waals surface area contributed by atoms with Gasteiger partial charge in [0.25, 0.3) is 0 Å². The lowest BCUT2D eigenvalue weighted by Gasteiger charge is -2.38. The molecular weight excluding hydrogens is 320 g/mol. The van der Waals surface area contributed by atoms with E-state index < -0.39 is 0 Å². The van der Waals surface area contributed by atoms with Crippen LogP contribution in [0.5, 0.6) is 0 Å². The van der Waals surface area contributed by atoms with Crippen molar-refractivity contribution >= 4 is 11.3 Å². The molecule has 2 unspecified atom stereocenters. The van der Waals surface area contributed by atoms with E-state index in [9.17, 15) is 0 Å². The van der Waals surface area contributed by atoms with Gasteiger partial charge < -0.3 is 0 Å². The van der Waals surface area contributed by atoms with E-state index >= 15 is 0 Å². The largest absolute Gasteiger partial charge is 0.277 e. The smallest absolute Gasteiger partial charge is 0.211 e. The quantitative estimate of drug-likeness (QED) is 0.603. The van der Waals surface area contributed by atoms with Crippen molar-refractivity contribution in [3.63, 3.8) is 0 Å². The highest BCUT2D eigenvalue weighted by Gasteiger charge is 2.32. The molecule has 2 atom stereocenters. The molecule has 2 aromatic heterocycles. The highest BCUT2D eigenvalue weighted by Crippen LogP contribution is 2.41. The molecule has 1 aromatic carbocycles. The number of hydrogen-bond acceptors (Lipinski definition) is 1. The average molecular weight is 346 g/mol. The second-order valence-corrected chi connectivity index (χ2v) is 8.14. The number of H-pyrrole nitrogens is 1. The third-order valence-electron chi connectivity index (χ3n) is 6.12. The summed E-state index contributed by atoms with van der Waals surface area (Å²) in [6.45, 7) is 14.7. The van der Waals surface area contributed by atoms with Crippen molar-refractivity contribution in [2.75, 3.05) is 0 Å². The Balaban J connectivity index is 1.72. The van der Waals surface area contributed by atoms with Gasteiger partial charge in [-0.25, -0.2) is 9.83 Å². The van der Waals surface area contributed by atoms with E-state index in [1.165, 1.54) is 12.8 Å². The van der Waals surface area contributed by atoms with Crippen molar-refractivity contribution in [2.24, 2.45) is 23.7 Å². The fourth-order valence-electron chi connectivity index (χ4n) is 4.90. The molecule has 1 saturated carbocycles. The fourth-order valence-corrected chi connectivity index (χ4v) is 4.90. The van der Waals surface area contributed by atoms with Gasteiger partial charge in [0.15, 0.2) is 5.82 Å². The molecule has 0 spiro atoms. The van der Waals surface area contributed by atoms with Crippen LogP contribution in [0.15, 0.2) is 36.5 Å². The first-order chi connectivity index (χ1) is 12.6. The maximum absolute atomic E-state index is 7.59. The predicted octanol–water partition coefficient (Wildman–Crippen LogP) is 5.74. The third-order valence-corrected chi connectivity index (χ3v) is 6.12. The number of benzene rings is 1. The second-order valence-electron chi connectivity index (χ2n) is 8.14. The van der Waals surface area contributed by atoms with Crippen LogP contribution in [0.4, 0.5) is 5.69 Å². The molecule has 0 radical (unpaired) electrons. The highest BCUT2D eigenvalue weighted by atomic mass is 15.3. The molecule has 0 bridgehead atoms. The summed E-state index contributed by atoms with van der Waals surface area (Å²) < 4.78 is 1.92. The molecule has 134 valence electrons. The van der Waals surface area contributed by atoms with E-state index in [0.717, 1.165) is 40.6 Å². The fraction of sp³-hybridized carbons (Fsp3) is 0.455. The molecule has 0 aliphatic heterocycles. The molecule has 4 rings (SSSR count). The van der Waals surface area contributed by atoms with Crippen LogP contribution >= 0.6 is 0 Å². The third kappa shape index (κ3) is 2.92. The maximum atomic E-state index is 7.59. The van der Waals surface area contributed by atoms with Gasteiger partial charge in [0.2, 0.25) is 5.69 Å². The molecule has 0 saturated heterocycles. The van der Waals surface area contributed by atoms with Gasteiger partial charge in [0.05, 0.1) is 6.57 Å². The molecule has 0 amide bonds. The number of aromatic nitrogens is 3. The van der Waals surface area contributed by atoms with Crippen LogP contribution in [-0.4, -0.2) is 14.6 Å². The van der Waals surface area contributed by atoms with Gasteiger partial charge in [0, 0.05) is 17.3 Å². The minimum absolute atomic E-state index is 0.620. The summed E-state index contributed by atoms with van der Waals surface area (Å²) in [7, 11) is 0. The Hall–Kier alpha value is -2.54. The summed E-state index contributed by atoms with van der Waals surface area (Å²) in [5.74, 6) is 3.66. The van der Waals surface area contributed by atoms with E-state index in [0.29, 0.717) is 17.8 Å². The molecule has 4 heteroatoms. The van der Waals surface area contributed by atoms with Crippen LogP contribution < -0.4 is 0 Å². The minimum Gasteiger partial charge on any atom is -0.277 e. The topological polar surface area (TPSA) is 37.5 Å². The molecule has 1 aliphatic carbocycles. The van der Waals surface area contributed by atoms with E-state index in [4.69, 9.17) is 11.6 Å². The van der Waals surface area contributed by atoms with Gasteiger partial charge in [-0.1, -0.05) is 51.1 Å². The van der Waals surface area contributed by atoms with Crippen molar-refractivity contribution in [3.05, 3.63) is 53.5 Å². The lowest BCUT2D eigenvalue weighted by molar-refractivity contribution is 0.136. The Morgan fingerprint density at radius 3 is 2.50 bits per heavy atom. The molecule has 3 aromatic rings. The Morgan fingerprint density at radius 2 is 1.85 bits per heavy atom. The van der Waals surface area contributed by atoms with E-state index in [1.54, 1.807) is 0 Å². The molecule has 4 nitrogen and oxygen atoms in total. The molecular formula is C22H26N4. The molecule has 26 heavy (non-hydrogen) atoms. The molecule has 1 N–H and O–H groups in total. The Bertz CT molecular complexity index is 932. The molecule has 2 heterocycles. The number of nitrogens with one attached hydrogen (secondary N) is 1. The van der Waals surface area contributed by atoms with E-state index in [1.807, 2.05) is 28.9 Å². The number of hydrogen-bond donors (Lipinski definition) is 1. The molecule has 1 aliphatic rings. The van der Waals surface area contributed by atoms with Crippen molar-refractivity contribution in [1.29, 1.82) is 0 Å². The predicted molar refractivity (Wildman–Crippen MR) is 105 cm³/mol. The summed E-state index contributed by atoms with van der Waals surface area (Å²) in [6.07, 6.45) is 5.42. The Morgan fingerprint density at radius 1 is 1.15 bits per heavy atom.